The van der Waals surface area contributed by atoms with Crippen LogP contribution >= 0.6 is 23.2 Å². The van der Waals surface area contributed by atoms with Crippen LogP contribution in [0.1, 0.15) is 43.6 Å². The predicted molar refractivity (Wildman–Crippen MR) is 118 cm³/mol. The minimum absolute atomic E-state index is 0.0805. The van der Waals surface area contributed by atoms with Gasteiger partial charge in [0.15, 0.2) is 0 Å². The van der Waals surface area contributed by atoms with E-state index < -0.39 is 5.82 Å². The van der Waals surface area contributed by atoms with Crippen molar-refractivity contribution in [3.63, 3.8) is 0 Å². The molecule has 3 rings (SSSR count). The number of benzene rings is 2. The Morgan fingerprint density at radius 3 is 2.62 bits per heavy atom. The predicted octanol–water partition coefficient (Wildman–Crippen LogP) is 5.96. The number of hydrogen-bond acceptors (Lipinski definition) is 2. The average molecular weight is 438 g/mol. The molecule has 0 saturated heterocycles. The Kier molecular flexibility index (Phi) is 8.16. The first-order valence-electron chi connectivity index (χ1n) is 10.00. The monoisotopic (exact) mass is 437 g/mol. The zero-order valence-electron chi connectivity index (χ0n) is 16.2. The summed E-state index contributed by atoms with van der Waals surface area (Å²) in [5.41, 5.74) is 1.44. The Morgan fingerprint density at radius 2 is 1.90 bits per heavy atom. The van der Waals surface area contributed by atoms with Crippen LogP contribution in [0.2, 0.25) is 10.0 Å². The van der Waals surface area contributed by atoms with Crippen molar-refractivity contribution in [2.24, 2.45) is 0 Å². The Labute approximate surface area is 181 Å². The lowest BCUT2D eigenvalue weighted by Crippen LogP contribution is -2.34. The van der Waals surface area contributed by atoms with Gasteiger partial charge in [-0.25, -0.2) is 9.18 Å². The lowest BCUT2D eigenvalue weighted by molar-refractivity contribution is 0.251. The molecule has 3 N–H and O–H groups in total. The standard InChI is InChI=1S/C22H26Cl2FN3O/c23-20-9-8-15(12-21(20)24)16(10-11-26-18-5-1-2-6-18)14-27-22(29)28-19-7-3-4-17(25)13-19/h3-4,7-9,12-13,16,18,26H,1-2,5-6,10-11,14H2,(H2,27,28,29). The van der Waals surface area contributed by atoms with Crippen molar-refractivity contribution in [2.75, 3.05) is 18.4 Å². The molecule has 0 radical (unpaired) electrons. The second kappa shape index (κ2) is 10.8. The highest BCUT2D eigenvalue weighted by Crippen LogP contribution is 2.28. The highest BCUT2D eigenvalue weighted by molar-refractivity contribution is 6.42. The largest absolute Gasteiger partial charge is 0.337 e. The van der Waals surface area contributed by atoms with Gasteiger partial charge in [0, 0.05) is 24.2 Å². The molecule has 1 atom stereocenters. The van der Waals surface area contributed by atoms with E-state index >= 15 is 0 Å². The fraction of sp³-hybridized carbons (Fsp3) is 0.409. The summed E-state index contributed by atoms with van der Waals surface area (Å²) in [4.78, 5) is 12.3. The molecule has 1 unspecified atom stereocenters. The Balaban J connectivity index is 1.58. The van der Waals surface area contributed by atoms with Crippen LogP contribution in [0.15, 0.2) is 42.5 Å². The summed E-state index contributed by atoms with van der Waals surface area (Å²) >= 11 is 12.2. The van der Waals surface area contributed by atoms with Gasteiger partial charge in [-0.1, -0.05) is 48.2 Å². The molecule has 7 heteroatoms. The molecule has 4 nitrogen and oxygen atoms in total. The number of rotatable bonds is 8. The number of amides is 2. The summed E-state index contributed by atoms with van der Waals surface area (Å²) in [6.07, 6.45) is 5.89. The third kappa shape index (κ3) is 6.88. The van der Waals surface area contributed by atoms with Gasteiger partial charge in [-0.2, -0.15) is 0 Å². The summed E-state index contributed by atoms with van der Waals surface area (Å²) in [6.45, 7) is 1.30. The lowest BCUT2D eigenvalue weighted by atomic mass is 9.95. The smallest absolute Gasteiger partial charge is 0.319 e. The summed E-state index contributed by atoms with van der Waals surface area (Å²) in [7, 11) is 0. The van der Waals surface area contributed by atoms with Gasteiger partial charge < -0.3 is 16.0 Å². The van der Waals surface area contributed by atoms with Crippen molar-refractivity contribution in [1.29, 1.82) is 0 Å². The molecule has 29 heavy (non-hydrogen) atoms. The molecular weight excluding hydrogens is 412 g/mol. The van der Waals surface area contributed by atoms with Crippen molar-refractivity contribution in [3.05, 3.63) is 63.9 Å². The van der Waals surface area contributed by atoms with Crippen molar-refractivity contribution < 1.29 is 9.18 Å². The van der Waals surface area contributed by atoms with Crippen LogP contribution in [0.5, 0.6) is 0 Å². The molecule has 0 aromatic heterocycles. The molecule has 0 aliphatic heterocycles. The maximum absolute atomic E-state index is 13.3. The number of halogens is 3. The number of carbonyl (C=O) groups is 1. The number of nitrogens with one attached hydrogen (secondary N) is 3. The Bertz CT molecular complexity index is 827. The van der Waals surface area contributed by atoms with Crippen LogP contribution in [0, 0.1) is 5.82 Å². The average Bonchev–Trinajstić information content (AvgIpc) is 3.20. The van der Waals surface area contributed by atoms with Gasteiger partial charge in [-0.15, -0.1) is 0 Å². The first kappa shape index (κ1) is 21.9. The van der Waals surface area contributed by atoms with E-state index in [2.05, 4.69) is 16.0 Å². The molecule has 2 aromatic rings. The normalized spacial score (nSPS) is 15.3. The van der Waals surface area contributed by atoms with Gasteiger partial charge in [0.05, 0.1) is 10.0 Å². The van der Waals surface area contributed by atoms with Gasteiger partial charge >= 0.3 is 6.03 Å². The van der Waals surface area contributed by atoms with Crippen LogP contribution in [-0.4, -0.2) is 25.2 Å². The first-order valence-corrected chi connectivity index (χ1v) is 10.8. The molecule has 156 valence electrons. The van der Waals surface area contributed by atoms with Crippen LogP contribution in [0.25, 0.3) is 0 Å². The number of urea groups is 1. The number of anilines is 1. The fourth-order valence-corrected chi connectivity index (χ4v) is 4.01. The summed E-state index contributed by atoms with van der Waals surface area (Å²) in [6, 6.07) is 11.6. The zero-order valence-corrected chi connectivity index (χ0v) is 17.7. The van der Waals surface area contributed by atoms with Crippen LogP contribution in [0.4, 0.5) is 14.9 Å². The lowest BCUT2D eigenvalue weighted by Gasteiger charge is -2.21. The van der Waals surface area contributed by atoms with Gasteiger partial charge in [0.25, 0.3) is 0 Å². The summed E-state index contributed by atoms with van der Waals surface area (Å²) < 4.78 is 13.3. The van der Waals surface area contributed by atoms with Crippen molar-refractivity contribution in [1.82, 2.24) is 10.6 Å². The van der Waals surface area contributed by atoms with E-state index in [1.54, 1.807) is 18.2 Å². The van der Waals surface area contributed by atoms with E-state index in [1.165, 1.54) is 37.8 Å². The quantitative estimate of drug-likeness (QED) is 0.476. The van der Waals surface area contributed by atoms with Gasteiger partial charge in [-0.3, -0.25) is 0 Å². The molecule has 1 aliphatic rings. The topological polar surface area (TPSA) is 53.2 Å². The molecule has 2 aromatic carbocycles. The van der Waals surface area contributed by atoms with E-state index in [9.17, 15) is 9.18 Å². The molecule has 0 bridgehead atoms. The zero-order chi connectivity index (χ0) is 20.6. The SMILES string of the molecule is O=C(NCC(CCNC1CCCC1)c1ccc(Cl)c(Cl)c1)Nc1cccc(F)c1. The van der Waals surface area contributed by atoms with Gasteiger partial charge in [-0.05, 0) is 61.7 Å². The van der Waals surface area contributed by atoms with Crippen molar-refractivity contribution >= 4 is 34.9 Å². The molecule has 1 fully saturated rings. The van der Waals surface area contributed by atoms with Crippen LogP contribution < -0.4 is 16.0 Å². The highest BCUT2D eigenvalue weighted by atomic mass is 35.5. The van der Waals surface area contributed by atoms with Crippen molar-refractivity contribution in [2.45, 2.75) is 44.1 Å². The minimum Gasteiger partial charge on any atom is -0.337 e. The molecule has 1 aliphatic carbocycles. The van der Waals surface area contributed by atoms with Gasteiger partial charge in [0.2, 0.25) is 0 Å². The number of hydrogen-bond donors (Lipinski definition) is 3. The highest BCUT2D eigenvalue weighted by Gasteiger charge is 2.17. The van der Waals surface area contributed by atoms with E-state index in [0.29, 0.717) is 28.3 Å². The van der Waals surface area contributed by atoms with Crippen LogP contribution in [0.3, 0.4) is 0 Å². The van der Waals surface area contributed by atoms with E-state index in [0.717, 1.165) is 18.5 Å². The fourth-order valence-electron chi connectivity index (χ4n) is 3.70. The summed E-state index contributed by atoms with van der Waals surface area (Å²) in [5, 5.41) is 10.2. The van der Waals surface area contributed by atoms with Crippen LogP contribution in [-0.2, 0) is 0 Å². The molecule has 0 spiro atoms. The Hall–Kier alpha value is -1.82. The maximum Gasteiger partial charge on any atom is 0.319 e. The molecular formula is C22H26Cl2FN3O. The second-order valence-corrected chi connectivity index (χ2v) is 8.25. The Morgan fingerprint density at radius 1 is 1.10 bits per heavy atom. The second-order valence-electron chi connectivity index (χ2n) is 7.44. The third-order valence-electron chi connectivity index (χ3n) is 5.29. The third-order valence-corrected chi connectivity index (χ3v) is 6.03. The summed E-state index contributed by atoms with van der Waals surface area (Å²) in [5.74, 6) is -0.314. The van der Waals surface area contributed by atoms with E-state index in [4.69, 9.17) is 23.2 Å². The van der Waals surface area contributed by atoms with Gasteiger partial charge in [0.1, 0.15) is 5.82 Å². The minimum atomic E-state index is -0.394. The van der Waals surface area contributed by atoms with E-state index in [1.807, 2.05) is 12.1 Å². The molecule has 2 amide bonds. The first-order chi connectivity index (χ1) is 14.0. The maximum atomic E-state index is 13.3. The number of carbonyl (C=O) groups excluding carboxylic acids is 1. The molecule has 1 saturated carbocycles. The van der Waals surface area contributed by atoms with Crippen molar-refractivity contribution in [3.8, 4) is 0 Å². The van der Waals surface area contributed by atoms with E-state index in [-0.39, 0.29) is 11.9 Å². The molecule has 0 heterocycles.